The number of halogens is 1. The Bertz CT molecular complexity index is 739. The minimum Gasteiger partial charge on any atom is -0.337 e. The third-order valence-electron chi connectivity index (χ3n) is 5.09. The van der Waals surface area contributed by atoms with Crippen molar-refractivity contribution in [1.29, 1.82) is 0 Å². The van der Waals surface area contributed by atoms with E-state index in [-0.39, 0.29) is 11.7 Å². The Kier molecular flexibility index (Phi) is 6.55. The number of aromatic nitrogens is 3. The van der Waals surface area contributed by atoms with Gasteiger partial charge in [0, 0.05) is 13.6 Å². The van der Waals surface area contributed by atoms with E-state index in [1.54, 1.807) is 30.4 Å². The van der Waals surface area contributed by atoms with Gasteiger partial charge in [-0.05, 0) is 50.0 Å². The van der Waals surface area contributed by atoms with Crippen LogP contribution in [-0.4, -0.2) is 50.6 Å². The van der Waals surface area contributed by atoms with E-state index in [1.165, 1.54) is 18.6 Å². The largest absolute Gasteiger partial charge is 0.337 e. The Hall–Kier alpha value is -2.28. The van der Waals surface area contributed by atoms with E-state index < -0.39 is 6.04 Å². The number of benzene rings is 1. The average molecular weight is 373 g/mol. The molecule has 1 aromatic heterocycles. The first kappa shape index (κ1) is 19.5. The molecule has 0 spiro atoms. The van der Waals surface area contributed by atoms with Crippen molar-refractivity contribution in [2.24, 2.45) is 0 Å². The van der Waals surface area contributed by atoms with Crippen molar-refractivity contribution in [3.05, 3.63) is 47.8 Å². The standard InChI is InChI=1S/C20H28FN5O/c1-3-11-26-15-22-23-18(26)14-24(2)20(27)19(25-12-5-4-6-13-25)16-7-9-17(21)10-8-16/h7-10,15,19H,3-6,11-14H2,1-2H3/t19-/m0/s1. The molecule has 0 unspecified atom stereocenters. The number of likely N-dealkylation sites (tertiary alicyclic amines) is 1. The summed E-state index contributed by atoms with van der Waals surface area (Å²) in [5.41, 5.74) is 0.838. The van der Waals surface area contributed by atoms with Crippen LogP contribution in [0.1, 0.15) is 50.0 Å². The molecule has 2 aromatic rings. The molecular weight excluding hydrogens is 345 g/mol. The van der Waals surface area contributed by atoms with Crippen LogP contribution in [0.5, 0.6) is 0 Å². The van der Waals surface area contributed by atoms with Crippen molar-refractivity contribution in [3.63, 3.8) is 0 Å². The number of likely N-dealkylation sites (N-methyl/N-ethyl adjacent to an activating group) is 1. The molecule has 27 heavy (non-hydrogen) atoms. The van der Waals surface area contributed by atoms with Crippen LogP contribution in [0.3, 0.4) is 0 Å². The summed E-state index contributed by atoms with van der Waals surface area (Å²) < 4.78 is 15.4. The lowest BCUT2D eigenvalue weighted by Gasteiger charge is -2.36. The monoisotopic (exact) mass is 373 g/mol. The molecule has 0 radical (unpaired) electrons. The number of carbonyl (C=O) groups excluding carboxylic acids is 1. The highest BCUT2D eigenvalue weighted by Crippen LogP contribution is 2.27. The Labute approximate surface area is 160 Å². The van der Waals surface area contributed by atoms with Crippen LogP contribution in [0.2, 0.25) is 0 Å². The summed E-state index contributed by atoms with van der Waals surface area (Å²) in [5, 5.41) is 8.15. The molecular formula is C20H28FN5O. The van der Waals surface area contributed by atoms with Gasteiger partial charge in [0.1, 0.15) is 18.2 Å². The molecule has 1 aromatic carbocycles. The SMILES string of the molecule is CCCn1cnnc1CN(C)C(=O)[C@H](c1ccc(F)cc1)N1CCCCC1. The van der Waals surface area contributed by atoms with Crippen molar-refractivity contribution in [2.75, 3.05) is 20.1 Å². The summed E-state index contributed by atoms with van der Waals surface area (Å²) >= 11 is 0. The molecule has 0 N–H and O–H groups in total. The molecule has 1 atom stereocenters. The predicted molar refractivity (Wildman–Crippen MR) is 101 cm³/mol. The number of hydrogen-bond donors (Lipinski definition) is 0. The van der Waals surface area contributed by atoms with Gasteiger partial charge in [-0.15, -0.1) is 10.2 Å². The van der Waals surface area contributed by atoms with E-state index in [4.69, 9.17) is 0 Å². The number of piperidine rings is 1. The van der Waals surface area contributed by atoms with Crippen LogP contribution in [0.25, 0.3) is 0 Å². The van der Waals surface area contributed by atoms with E-state index >= 15 is 0 Å². The molecule has 1 aliphatic heterocycles. The molecule has 0 bridgehead atoms. The fraction of sp³-hybridized carbons (Fsp3) is 0.550. The van der Waals surface area contributed by atoms with Gasteiger partial charge < -0.3 is 9.47 Å². The lowest BCUT2D eigenvalue weighted by Crippen LogP contribution is -2.43. The molecule has 2 heterocycles. The van der Waals surface area contributed by atoms with E-state index in [0.717, 1.165) is 50.3 Å². The highest BCUT2D eigenvalue weighted by atomic mass is 19.1. The second kappa shape index (κ2) is 9.08. The van der Waals surface area contributed by atoms with Crippen molar-refractivity contribution in [2.45, 2.75) is 51.7 Å². The summed E-state index contributed by atoms with van der Waals surface area (Å²) in [6.07, 6.45) is 6.05. The fourth-order valence-corrected chi connectivity index (χ4v) is 3.66. The highest BCUT2D eigenvalue weighted by Gasteiger charge is 2.31. The molecule has 6 nitrogen and oxygen atoms in total. The first-order chi connectivity index (χ1) is 13.1. The molecule has 1 aliphatic rings. The second-order valence-electron chi connectivity index (χ2n) is 7.19. The van der Waals surface area contributed by atoms with E-state index in [1.807, 2.05) is 4.57 Å². The molecule has 0 saturated carbocycles. The van der Waals surface area contributed by atoms with Crippen molar-refractivity contribution < 1.29 is 9.18 Å². The minimum atomic E-state index is -0.390. The van der Waals surface area contributed by atoms with Gasteiger partial charge in [-0.3, -0.25) is 9.69 Å². The van der Waals surface area contributed by atoms with Crippen LogP contribution in [0, 0.1) is 5.82 Å². The number of nitrogens with zero attached hydrogens (tertiary/aromatic N) is 5. The minimum absolute atomic E-state index is 0.00885. The van der Waals surface area contributed by atoms with Crippen molar-refractivity contribution in [3.8, 4) is 0 Å². The molecule has 1 amide bonds. The first-order valence-electron chi connectivity index (χ1n) is 9.71. The predicted octanol–water partition coefficient (Wildman–Crippen LogP) is 3.01. The normalized spacial score (nSPS) is 16.3. The van der Waals surface area contributed by atoms with E-state index in [0.29, 0.717) is 6.54 Å². The van der Waals surface area contributed by atoms with Crippen LogP contribution in [0.15, 0.2) is 30.6 Å². The number of rotatable bonds is 7. The van der Waals surface area contributed by atoms with Gasteiger partial charge in [0.05, 0.1) is 6.54 Å². The first-order valence-corrected chi connectivity index (χ1v) is 9.71. The maximum atomic E-state index is 13.4. The second-order valence-corrected chi connectivity index (χ2v) is 7.19. The Morgan fingerprint density at radius 2 is 1.93 bits per heavy atom. The zero-order valence-corrected chi connectivity index (χ0v) is 16.1. The Balaban J connectivity index is 1.80. The number of amides is 1. The lowest BCUT2D eigenvalue weighted by atomic mass is 10.0. The summed E-state index contributed by atoms with van der Waals surface area (Å²) in [6, 6.07) is 5.91. The van der Waals surface area contributed by atoms with Gasteiger partial charge in [0.25, 0.3) is 0 Å². The van der Waals surface area contributed by atoms with Gasteiger partial charge in [0.2, 0.25) is 5.91 Å². The maximum Gasteiger partial charge on any atom is 0.244 e. The zero-order chi connectivity index (χ0) is 19.2. The smallest absolute Gasteiger partial charge is 0.244 e. The summed E-state index contributed by atoms with van der Waals surface area (Å²) in [6.45, 7) is 5.10. The fourth-order valence-electron chi connectivity index (χ4n) is 3.66. The summed E-state index contributed by atoms with van der Waals surface area (Å²) in [4.78, 5) is 17.3. The average Bonchev–Trinajstić information content (AvgIpc) is 3.11. The molecule has 1 saturated heterocycles. The van der Waals surface area contributed by atoms with Crippen LogP contribution < -0.4 is 0 Å². The molecule has 146 valence electrons. The quantitative estimate of drug-likeness (QED) is 0.749. The van der Waals surface area contributed by atoms with E-state index in [2.05, 4.69) is 22.0 Å². The Morgan fingerprint density at radius 3 is 2.59 bits per heavy atom. The Morgan fingerprint density at radius 1 is 1.22 bits per heavy atom. The van der Waals surface area contributed by atoms with Crippen molar-refractivity contribution >= 4 is 5.91 Å². The third kappa shape index (κ3) is 4.71. The number of aryl methyl sites for hydroxylation is 1. The van der Waals surface area contributed by atoms with E-state index in [9.17, 15) is 9.18 Å². The number of hydrogen-bond acceptors (Lipinski definition) is 4. The van der Waals surface area contributed by atoms with Crippen LogP contribution in [0.4, 0.5) is 4.39 Å². The summed E-state index contributed by atoms with van der Waals surface area (Å²) in [5.74, 6) is 0.503. The molecule has 7 heteroatoms. The van der Waals surface area contributed by atoms with Gasteiger partial charge in [0.15, 0.2) is 5.82 Å². The van der Waals surface area contributed by atoms with Crippen LogP contribution in [-0.2, 0) is 17.9 Å². The van der Waals surface area contributed by atoms with Gasteiger partial charge >= 0.3 is 0 Å². The number of carbonyl (C=O) groups is 1. The van der Waals surface area contributed by atoms with Gasteiger partial charge in [-0.1, -0.05) is 25.5 Å². The topological polar surface area (TPSA) is 54.3 Å². The third-order valence-corrected chi connectivity index (χ3v) is 5.09. The molecule has 1 fully saturated rings. The zero-order valence-electron chi connectivity index (χ0n) is 16.1. The highest BCUT2D eigenvalue weighted by molar-refractivity contribution is 5.83. The van der Waals surface area contributed by atoms with Gasteiger partial charge in [-0.25, -0.2) is 4.39 Å². The summed E-state index contributed by atoms with van der Waals surface area (Å²) in [7, 11) is 1.80. The van der Waals surface area contributed by atoms with Gasteiger partial charge in [-0.2, -0.15) is 0 Å². The maximum absolute atomic E-state index is 13.4. The lowest BCUT2D eigenvalue weighted by molar-refractivity contribution is -0.137. The molecule has 3 rings (SSSR count). The van der Waals surface area contributed by atoms with Crippen molar-refractivity contribution in [1.82, 2.24) is 24.6 Å². The van der Waals surface area contributed by atoms with Crippen LogP contribution >= 0.6 is 0 Å². The molecule has 0 aliphatic carbocycles.